The third kappa shape index (κ3) is 4.77. The summed E-state index contributed by atoms with van der Waals surface area (Å²) in [6, 6.07) is 18.0. The zero-order chi connectivity index (χ0) is 19.2. The molecule has 0 radical (unpaired) electrons. The zero-order valence-electron chi connectivity index (χ0n) is 15.4. The van der Waals surface area contributed by atoms with Crippen molar-refractivity contribution in [2.75, 3.05) is 5.32 Å². The number of rotatable bonds is 7. The Labute approximate surface area is 158 Å². The molecule has 2 aromatic carbocycles. The van der Waals surface area contributed by atoms with Crippen molar-refractivity contribution in [2.24, 2.45) is 0 Å². The lowest BCUT2D eigenvalue weighted by atomic mass is 10.1. The van der Waals surface area contributed by atoms with Crippen molar-refractivity contribution in [1.29, 1.82) is 0 Å². The molecule has 0 aliphatic heterocycles. The number of carbonyl (C=O) groups is 1. The molecule has 3 rings (SSSR count). The van der Waals surface area contributed by atoms with E-state index in [2.05, 4.69) is 12.2 Å². The fraction of sp³-hybridized carbons (Fsp3) is 0.227. The van der Waals surface area contributed by atoms with Gasteiger partial charge in [0, 0.05) is 16.8 Å². The maximum absolute atomic E-state index is 12.6. The van der Waals surface area contributed by atoms with Gasteiger partial charge in [-0.15, -0.1) is 0 Å². The second kappa shape index (κ2) is 8.56. The smallest absolute Gasteiger partial charge is 0.255 e. The maximum Gasteiger partial charge on any atom is 0.255 e. The van der Waals surface area contributed by atoms with E-state index in [4.69, 9.17) is 14.3 Å². The van der Waals surface area contributed by atoms with Gasteiger partial charge in [0.2, 0.25) is 0 Å². The summed E-state index contributed by atoms with van der Waals surface area (Å²) in [5.74, 6) is 1.60. The Morgan fingerprint density at radius 3 is 2.70 bits per heavy atom. The molecular weight excluding hydrogens is 342 g/mol. The normalized spacial score (nSPS) is 11.8. The summed E-state index contributed by atoms with van der Waals surface area (Å²) in [7, 11) is 0. The fourth-order valence-corrected chi connectivity index (χ4v) is 2.60. The molecule has 27 heavy (non-hydrogen) atoms. The summed E-state index contributed by atoms with van der Waals surface area (Å²) >= 11 is 0. The van der Waals surface area contributed by atoms with Gasteiger partial charge in [-0.25, -0.2) is 0 Å². The lowest BCUT2D eigenvalue weighted by molar-refractivity contribution is 0.102. The quantitative estimate of drug-likeness (QED) is 0.627. The molecule has 1 heterocycles. The minimum absolute atomic E-state index is 0.0945. The highest BCUT2D eigenvalue weighted by Crippen LogP contribution is 2.25. The van der Waals surface area contributed by atoms with Crippen molar-refractivity contribution >= 4 is 11.6 Å². The van der Waals surface area contributed by atoms with Gasteiger partial charge in [-0.05, 0) is 55.8 Å². The van der Waals surface area contributed by atoms with Crippen LogP contribution in [0.3, 0.4) is 0 Å². The van der Waals surface area contributed by atoms with E-state index in [-0.39, 0.29) is 18.6 Å². The van der Waals surface area contributed by atoms with Gasteiger partial charge in [-0.1, -0.05) is 25.1 Å². The molecule has 1 atom stereocenters. The molecular formula is C22H23NO4. The van der Waals surface area contributed by atoms with Crippen LogP contribution < -0.4 is 10.1 Å². The average Bonchev–Trinajstić information content (AvgIpc) is 3.17. The van der Waals surface area contributed by atoms with Gasteiger partial charge in [-0.2, -0.15) is 0 Å². The number of benzene rings is 2. The Balaban J connectivity index is 1.74. The van der Waals surface area contributed by atoms with Crippen LogP contribution in [-0.4, -0.2) is 17.1 Å². The standard InChI is InChI=1S/C22H23NO4/c1-3-15(2)26-19-9-5-7-17(13-19)22(25)23-18-8-4-6-16(12-18)21-11-10-20(14-24)27-21/h4-13,15,24H,3,14H2,1-2H3,(H,23,25). The van der Waals surface area contributed by atoms with Crippen LogP contribution in [0.25, 0.3) is 11.3 Å². The molecule has 1 aromatic heterocycles. The summed E-state index contributed by atoms with van der Waals surface area (Å²) in [6.07, 6.45) is 0.991. The molecule has 0 spiro atoms. The van der Waals surface area contributed by atoms with E-state index in [1.807, 2.05) is 43.3 Å². The highest BCUT2D eigenvalue weighted by Gasteiger charge is 2.10. The largest absolute Gasteiger partial charge is 0.491 e. The van der Waals surface area contributed by atoms with Gasteiger partial charge in [0.25, 0.3) is 5.91 Å². The second-order valence-corrected chi connectivity index (χ2v) is 6.32. The minimum atomic E-state index is -0.211. The first-order valence-electron chi connectivity index (χ1n) is 8.97. The van der Waals surface area contributed by atoms with Crippen molar-refractivity contribution in [2.45, 2.75) is 33.0 Å². The summed E-state index contributed by atoms with van der Waals surface area (Å²) in [6.45, 7) is 3.90. The topological polar surface area (TPSA) is 71.7 Å². The Morgan fingerprint density at radius 1 is 1.15 bits per heavy atom. The molecule has 0 aliphatic rings. The predicted molar refractivity (Wildman–Crippen MR) is 105 cm³/mol. The van der Waals surface area contributed by atoms with Crippen molar-refractivity contribution in [1.82, 2.24) is 0 Å². The van der Waals surface area contributed by atoms with Crippen LogP contribution in [-0.2, 0) is 6.61 Å². The first-order chi connectivity index (χ1) is 13.1. The lowest BCUT2D eigenvalue weighted by Crippen LogP contribution is -2.13. The van der Waals surface area contributed by atoms with Gasteiger partial charge in [0.05, 0.1) is 6.10 Å². The molecule has 0 fully saturated rings. The van der Waals surface area contributed by atoms with Crippen LogP contribution in [0.5, 0.6) is 5.75 Å². The number of aliphatic hydroxyl groups excluding tert-OH is 1. The SMILES string of the molecule is CCC(C)Oc1cccc(C(=O)Nc2cccc(-c3ccc(CO)o3)c2)c1. The van der Waals surface area contributed by atoms with Crippen molar-refractivity contribution in [3.63, 3.8) is 0 Å². The van der Waals surface area contributed by atoms with Crippen LogP contribution in [0.15, 0.2) is 65.1 Å². The average molecular weight is 365 g/mol. The van der Waals surface area contributed by atoms with Crippen LogP contribution >= 0.6 is 0 Å². The number of hydrogen-bond donors (Lipinski definition) is 2. The molecule has 3 aromatic rings. The van der Waals surface area contributed by atoms with Gasteiger partial charge < -0.3 is 19.6 Å². The summed E-state index contributed by atoms with van der Waals surface area (Å²) in [5, 5.41) is 12.0. The molecule has 5 nitrogen and oxygen atoms in total. The molecule has 0 aliphatic carbocycles. The fourth-order valence-electron chi connectivity index (χ4n) is 2.60. The van der Waals surface area contributed by atoms with Crippen LogP contribution in [0.1, 0.15) is 36.4 Å². The third-order valence-corrected chi connectivity index (χ3v) is 4.23. The molecule has 2 N–H and O–H groups in total. The minimum Gasteiger partial charge on any atom is -0.491 e. The maximum atomic E-state index is 12.6. The Morgan fingerprint density at radius 2 is 1.96 bits per heavy atom. The van der Waals surface area contributed by atoms with E-state index < -0.39 is 0 Å². The molecule has 140 valence electrons. The molecule has 1 amide bonds. The highest BCUT2D eigenvalue weighted by molar-refractivity contribution is 6.04. The van der Waals surface area contributed by atoms with E-state index in [9.17, 15) is 4.79 Å². The van der Waals surface area contributed by atoms with Gasteiger partial charge in [0.15, 0.2) is 0 Å². The van der Waals surface area contributed by atoms with E-state index in [1.54, 1.807) is 24.3 Å². The third-order valence-electron chi connectivity index (χ3n) is 4.23. The highest BCUT2D eigenvalue weighted by atomic mass is 16.5. The van der Waals surface area contributed by atoms with Crippen LogP contribution in [0, 0.1) is 0 Å². The second-order valence-electron chi connectivity index (χ2n) is 6.32. The number of anilines is 1. The molecule has 0 saturated carbocycles. The summed E-state index contributed by atoms with van der Waals surface area (Å²) < 4.78 is 11.3. The Kier molecular flexibility index (Phi) is 5.94. The predicted octanol–water partition coefficient (Wildman–Crippen LogP) is 4.87. The zero-order valence-corrected chi connectivity index (χ0v) is 15.4. The first-order valence-corrected chi connectivity index (χ1v) is 8.97. The molecule has 0 saturated heterocycles. The molecule has 5 heteroatoms. The van der Waals surface area contributed by atoms with E-state index >= 15 is 0 Å². The number of carbonyl (C=O) groups excluding carboxylic acids is 1. The number of aliphatic hydroxyl groups is 1. The van der Waals surface area contributed by atoms with Gasteiger partial charge in [-0.3, -0.25) is 4.79 Å². The van der Waals surface area contributed by atoms with Crippen LogP contribution in [0.4, 0.5) is 5.69 Å². The number of ether oxygens (including phenoxy) is 1. The number of furan rings is 1. The van der Waals surface area contributed by atoms with Gasteiger partial charge in [0.1, 0.15) is 23.9 Å². The monoisotopic (exact) mass is 365 g/mol. The molecule has 1 unspecified atom stereocenters. The van der Waals surface area contributed by atoms with Crippen LogP contribution in [0.2, 0.25) is 0 Å². The van der Waals surface area contributed by atoms with E-state index in [1.165, 1.54) is 0 Å². The van der Waals surface area contributed by atoms with E-state index in [0.717, 1.165) is 12.0 Å². The van der Waals surface area contributed by atoms with E-state index in [0.29, 0.717) is 28.5 Å². The van der Waals surface area contributed by atoms with Crippen molar-refractivity contribution in [3.05, 3.63) is 72.0 Å². The summed E-state index contributed by atoms with van der Waals surface area (Å²) in [4.78, 5) is 12.6. The Hall–Kier alpha value is -3.05. The van der Waals surface area contributed by atoms with Crippen molar-refractivity contribution in [3.8, 4) is 17.1 Å². The number of nitrogens with one attached hydrogen (secondary N) is 1. The lowest BCUT2D eigenvalue weighted by Gasteiger charge is -2.13. The van der Waals surface area contributed by atoms with Gasteiger partial charge >= 0.3 is 0 Å². The molecule has 0 bridgehead atoms. The first kappa shape index (κ1) is 18.7. The number of amides is 1. The summed E-state index contributed by atoms with van der Waals surface area (Å²) in [5.41, 5.74) is 2.01. The van der Waals surface area contributed by atoms with Crippen molar-refractivity contribution < 1.29 is 19.1 Å². The Bertz CT molecular complexity index is 916. The number of hydrogen-bond acceptors (Lipinski definition) is 4.